The van der Waals surface area contributed by atoms with Crippen LogP contribution in [0.5, 0.6) is 0 Å². The smallest absolute Gasteiger partial charge is 0.254 e. The summed E-state index contributed by atoms with van der Waals surface area (Å²) in [5.74, 6) is 1.21. The summed E-state index contributed by atoms with van der Waals surface area (Å²) in [6.07, 6.45) is 1.87. The Labute approximate surface area is 216 Å². The molecule has 0 saturated carbocycles. The first-order valence-electron chi connectivity index (χ1n) is 13.5. The van der Waals surface area contributed by atoms with Crippen molar-refractivity contribution < 1.29 is 4.79 Å². The van der Waals surface area contributed by atoms with Crippen LogP contribution in [0.25, 0.3) is 5.69 Å². The van der Waals surface area contributed by atoms with Gasteiger partial charge in [-0.05, 0) is 63.1 Å². The van der Waals surface area contributed by atoms with Gasteiger partial charge in [-0.25, -0.2) is 4.68 Å². The van der Waals surface area contributed by atoms with Gasteiger partial charge in [-0.15, -0.1) is 0 Å². The van der Waals surface area contributed by atoms with E-state index in [-0.39, 0.29) is 11.9 Å². The van der Waals surface area contributed by atoms with Crippen LogP contribution < -0.4 is 4.90 Å². The SMILES string of the molecule is CCc1ccc(C(=O)N(Cc2c(C)nn(-c3ccccc3)c2N2CCN(CC)CC2)C(C)CC)cc1. The number of piperazine rings is 1. The van der Waals surface area contributed by atoms with E-state index in [0.29, 0.717) is 6.54 Å². The summed E-state index contributed by atoms with van der Waals surface area (Å²) >= 11 is 0. The summed E-state index contributed by atoms with van der Waals surface area (Å²) in [4.78, 5) is 20.8. The third-order valence-electron chi connectivity index (χ3n) is 7.60. The minimum absolute atomic E-state index is 0.0839. The van der Waals surface area contributed by atoms with Gasteiger partial charge in [-0.3, -0.25) is 4.79 Å². The Morgan fingerprint density at radius 1 is 0.972 bits per heavy atom. The van der Waals surface area contributed by atoms with Crippen LogP contribution in [-0.4, -0.2) is 64.3 Å². The van der Waals surface area contributed by atoms with Crippen molar-refractivity contribution >= 4 is 11.7 Å². The number of aryl methyl sites for hydroxylation is 2. The van der Waals surface area contributed by atoms with Crippen molar-refractivity contribution in [1.82, 2.24) is 19.6 Å². The van der Waals surface area contributed by atoms with Crippen molar-refractivity contribution in [3.8, 4) is 5.69 Å². The maximum Gasteiger partial charge on any atom is 0.254 e. The minimum Gasteiger partial charge on any atom is -0.354 e. The molecule has 0 N–H and O–H groups in total. The zero-order valence-corrected chi connectivity index (χ0v) is 22.6. The molecule has 1 unspecified atom stereocenters. The van der Waals surface area contributed by atoms with Gasteiger partial charge in [-0.1, -0.05) is 51.1 Å². The summed E-state index contributed by atoms with van der Waals surface area (Å²) in [7, 11) is 0. The molecule has 0 spiro atoms. The lowest BCUT2D eigenvalue weighted by Gasteiger charge is -2.37. The predicted octanol–water partition coefficient (Wildman–Crippen LogP) is 5.33. The van der Waals surface area contributed by atoms with Gasteiger partial charge in [0.1, 0.15) is 5.82 Å². The van der Waals surface area contributed by atoms with Gasteiger partial charge in [0.05, 0.1) is 17.9 Å². The number of hydrogen-bond donors (Lipinski definition) is 0. The maximum atomic E-state index is 13.8. The topological polar surface area (TPSA) is 44.6 Å². The van der Waals surface area contributed by atoms with Gasteiger partial charge in [0.25, 0.3) is 5.91 Å². The van der Waals surface area contributed by atoms with E-state index < -0.39 is 0 Å². The highest BCUT2D eigenvalue weighted by Gasteiger charge is 2.29. The number of hydrogen-bond acceptors (Lipinski definition) is 4. The summed E-state index contributed by atoms with van der Waals surface area (Å²) < 4.78 is 2.08. The van der Waals surface area contributed by atoms with Crippen LogP contribution in [0, 0.1) is 6.92 Å². The number of amides is 1. The third-order valence-corrected chi connectivity index (χ3v) is 7.60. The largest absolute Gasteiger partial charge is 0.354 e. The summed E-state index contributed by atoms with van der Waals surface area (Å²) in [6.45, 7) is 16.3. The molecular weight excluding hydrogens is 446 g/mol. The van der Waals surface area contributed by atoms with Crippen LogP contribution in [0.3, 0.4) is 0 Å². The molecule has 1 saturated heterocycles. The van der Waals surface area contributed by atoms with E-state index in [2.05, 4.69) is 85.5 Å². The molecule has 0 aliphatic carbocycles. The molecule has 2 heterocycles. The first kappa shape index (κ1) is 26.0. The van der Waals surface area contributed by atoms with Crippen molar-refractivity contribution in [2.24, 2.45) is 0 Å². The highest BCUT2D eigenvalue weighted by atomic mass is 16.2. The zero-order chi connectivity index (χ0) is 25.7. The maximum absolute atomic E-state index is 13.8. The second kappa shape index (κ2) is 11.7. The molecule has 0 bridgehead atoms. The number of aromatic nitrogens is 2. The molecule has 1 amide bonds. The molecule has 1 aromatic heterocycles. The van der Waals surface area contributed by atoms with Gasteiger partial charge in [0.15, 0.2) is 0 Å². The molecule has 0 radical (unpaired) electrons. The molecule has 6 nitrogen and oxygen atoms in total. The lowest BCUT2D eigenvalue weighted by atomic mass is 10.1. The monoisotopic (exact) mass is 487 g/mol. The lowest BCUT2D eigenvalue weighted by molar-refractivity contribution is 0.0671. The van der Waals surface area contributed by atoms with E-state index in [0.717, 1.165) is 73.9 Å². The van der Waals surface area contributed by atoms with Crippen LogP contribution in [0.15, 0.2) is 54.6 Å². The van der Waals surface area contributed by atoms with E-state index in [9.17, 15) is 4.79 Å². The average molecular weight is 488 g/mol. The van der Waals surface area contributed by atoms with Crippen molar-refractivity contribution in [1.29, 1.82) is 0 Å². The van der Waals surface area contributed by atoms with Gasteiger partial charge >= 0.3 is 0 Å². The normalized spacial score (nSPS) is 15.2. The second-order valence-corrected chi connectivity index (χ2v) is 9.80. The number of likely N-dealkylation sites (N-methyl/N-ethyl adjacent to an activating group) is 1. The Balaban J connectivity index is 1.73. The molecule has 6 heteroatoms. The van der Waals surface area contributed by atoms with Gasteiger partial charge in [0, 0.05) is 43.3 Å². The second-order valence-electron chi connectivity index (χ2n) is 9.80. The Morgan fingerprint density at radius 2 is 1.64 bits per heavy atom. The number of benzene rings is 2. The fourth-order valence-corrected chi connectivity index (χ4v) is 4.95. The minimum atomic E-state index is 0.0839. The molecule has 4 rings (SSSR count). The summed E-state index contributed by atoms with van der Waals surface area (Å²) in [5, 5.41) is 5.01. The van der Waals surface area contributed by atoms with Gasteiger partial charge < -0.3 is 14.7 Å². The standard InChI is InChI=1S/C30H41N5O/c1-6-23(4)34(30(36)26-16-14-25(7-2)15-17-26)22-28-24(5)31-35(27-12-10-9-11-13-27)29(28)33-20-18-32(8-3)19-21-33/h9-17,23H,6-8,18-22H2,1-5H3. The Morgan fingerprint density at radius 3 is 2.22 bits per heavy atom. The van der Waals surface area contributed by atoms with Crippen molar-refractivity contribution in [3.05, 3.63) is 77.0 Å². The van der Waals surface area contributed by atoms with E-state index >= 15 is 0 Å². The molecular formula is C30H41N5O. The van der Waals surface area contributed by atoms with Crippen LogP contribution in [0.4, 0.5) is 5.82 Å². The van der Waals surface area contributed by atoms with E-state index in [1.165, 1.54) is 5.56 Å². The third kappa shape index (κ3) is 5.49. The van der Waals surface area contributed by atoms with Crippen LogP contribution >= 0.6 is 0 Å². The Bertz CT molecular complexity index is 1130. The fraction of sp³-hybridized carbons (Fsp3) is 0.467. The molecule has 192 valence electrons. The average Bonchev–Trinajstić information content (AvgIpc) is 3.27. The fourth-order valence-electron chi connectivity index (χ4n) is 4.95. The van der Waals surface area contributed by atoms with E-state index in [1.54, 1.807) is 0 Å². The molecule has 1 fully saturated rings. The molecule has 1 aliphatic heterocycles. The van der Waals surface area contributed by atoms with Crippen LogP contribution in [0.2, 0.25) is 0 Å². The number of carbonyl (C=O) groups is 1. The molecule has 1 atom stereocenters. The first-order valence-corrected chi connectivity index (χ1v) is 13.5. The molecule has 3 aromatic rings. The molecule has 1 aliphatic rings. The first-order chi connectivity index (χ1) is 17.5. The van der Waals surface area contributed by atoms with Crippen molar-refractivity contribution in [3.63, 3.8) is 0 Å². The number of nitrogens with zero attached hydrogens (tertiary/aromatic N) is 5. The number of carbonyl (C=O) groups excluding carboxylic acids is 1. The number of para-hydroxylation sites is 1. The van der Waals surface area contributed by atoms with E-state index in [4.69, 9.17) is 5.10 Å². The summed E-state index contributed by atoms with van der Waals surface area (Å²) in [5.41, 5.74) is 5.17. The highest BCUT2D eigenvalue weighted by molar-refractivity contribution is 5.94. The van der Waals surface area contributed by atoms with Crippen LogP contribution in [-0.2, 0) is 13.0 Å². The molecule has 2 aromatic carbocycles. The van der Waals surface area contributed by atoms with Crippen molar-refractivity contribution in [2.45, 2.75) is 60.0 Å². The van der Waals surface area contributed by atoms with Crippen LogP contribution in [0.1, 0.15) is 61.3 Å². The van der Waals surface area contributed by atoms with Gasteiger partial charge in [-0.2, -0.15) is 5.10 Å². The highest BCUT2D eigenvalue weighted by Crippen LogP contribution is 2.31. The lowest BCUT2D eigenvalue weighted by Crippen LogP contribution is -2.47. The molecule has 36 heavy (non-hydrogen) atoms. The Hall–Kier alpha value is -3.12. The number of anilines is 1. The van der Waals surface area contributed by atoms with Crippen molar-refractivity contribution in [2.75, 3.05) is 37.6 Å². The number of rotatable bonds is 9. The Kier molecular flexibility index (Phi) is 8.47. The zero-order valence-electron chi connectivity index (χ0n) is 22.6. The van der Waals surface area contributed by atoms with E-state index in [1.807, 2.05) is 23.1 Å². The summed E-state index contributed by atoms with van der Waals surface area (Å²) in [6, 6.07) is 18.6. The predicted molar refractivity (Wildman–Crippen MR) is 148 cm³/mol. The quantitative estimate of drug-likeness (QED) is 0.409. The van der Waals surface area contributed by atoms with Gasteiger partial charge in [0.2, 0.25) is 0 Å².